The van der Waals surface area contributed by atoms with Gasteiger partial charge in [0.15, 0.2) is 5.82 Å². The fourth-order valence-electron chi connectivity index (χ4n) is 2.86. The Kier molecular flexibility index (Phi) is 3.86. The third-order valence-electron chi connectivity index (χ3n) is 4.27. The average Bonchev–Trinajstić information content (AvgIpc) is 2.75. The largest absolute Gasteiger partial charge is 0.382 e. The second-order valence-corrected chi connectivity index (χ2v) is 6.35. The number of benzene rings is 1. The minimum absolute atomic E-state index is 0.105. The van der Waals surface area contributed by atoms with Crippen LogP contribution in [0, 0.1) is 0 Å². The van der Waals surface area contributed by atoms with Crippen LogP contribution in [0.4, 0.5) is 5.82 Å². The number of anilines is 1. The topological polar surface area (TPSA) is 63.9 Å². The minimum atomic E-state index is -0.105. The van der Waals surface area contributed by atoms with Gasteiger partial charge in [-0.1, -0.05) is 29.3 Å². The van der Waals surface area contributed by atoms with Crippen molar-refractivity contribution in [3.05, 3.63) is 33.9 Å². The van der Waals surface area contributed by atoms with Crippen molar-refractivity contribution in [1.82, 2.24) is 10.2 Å². The van der Waals surface area contributed by atoms with Crippen molar-refractivity contribution in [2.45, 2.75) is 31.3 Å². The Morgan fingerprint density at radius 1 is 1.38 bits per heavy atom. The Hall–Kier alpha value is -1.23. The van der Waals surface area contributed by atoms with Gasteiger partial charge in [0.25, 0.3) is 0 Å². The lowest BCUT2D eigenvalue weighted by molar-refractivity contribution is -0.0713. The van der Waals surface area contributed by atoms with Crippen LogP contribution in [0.25, 0.3) is 11.1 Å². The summed E-state index contributed by atoms with van der Waals surface area (Å²) < 4.78 is 5.68. The first-order valence-electron chi connectivity index (χ1n) is 6.88. The fraction of sp³-hybridized carbons (Fsp3) is 0.400. The van der Waals surface area contributed by atoms with E-state index in [0.717, 1.165) is 36.1 Å². The molecule has 6 heteroatoms. The first-order chi connectivity index (χ1) is 10.0. The summed E-state index contributed by atoms with van der Waals surface area (Å²) in [5.74, 6) is 0.444. The number of ether oxygens (including phenoxy) is 1. The van der Waals surface area contributed by atoms with Crippen molar-refractivity contribution in [2.24, 2.45) is 0 Å². The lowest BCUT2D eigenvalue weighted by Crippen LogP contribution is -2.41. The highest BCUT2D eigenvalue weighted by molar-refractivity contribution is 6.36. The Morgan fingerprint density at radius 3 is 2.71 bits per heavy atom. The van der Waals surface area contributed by atoms with E-state index in [9.17, 15) is 0 Å². The molecule has 21 heavy (non-hydrogen) atoms. The fourth-order valence-corrected chi connectivity index (χ4v) is 3.36. The number of nitrogens with zero attached hydrogens (tertiary/aromatic N) is 1. The molecule has 0 atom stereocenters. The molecule has 1 saturated carbocycles. The van der Waals surface area contributed by atoms with Gasteiger partial charge >= 0.3 is 0 Å². The van der Waals surface area contributed by atoms with Crippen LogP contribution in [-0.2, 0) is 11.2 Å². The lowest BCUT2D eigenvalue weighted by Gasteiger charge is -2.40. The molecule has 112 valence electrons. The molecule has 0 bridgehead atoms. The number of aromatic amines is 1. The molecule has 0 saturated heterocycles. The lowest BCUT2D eigenvalue weighted by atomic mass is 9.76. The van der Waals surface area contributed by atoms with E-state index in [1.54, 1.807) is 19.2 Å². The van der Waals surface area contributed by atoms with Gasteiger partial charge in [0.1, 0.15) is 0 Å². The SMILES string of the molecule is COC1(Cc2[nH]nc(N)c2-c2ccc(Cl)cc2Cl)CCC1. The van der Waals surface area contributed by atoms with Gasteiger partial charge in [0.05, 0.1) is 10.6 Å². The van der Waals surface area contributed by atoms with Gasteiger partial charge in [-0.25, -0.2) is 0 Å². The number of nitrogens with one attached hydrogen (secondary N) is 1. The van der Waals surface area contributed by atoms with Crippen molar-refractivity contribution in [3.63, 3.8) is 0 Å². The number of nitrogens with two attached hydrogens (primary N) is 1. The molecule has 4 nitrogen and oxygen atoms in total. The van der Waals surface area contributed by atoms with Crippen molar-refractivity contribution in [1.29, 1.82) is 0 Å². The zero-order valence-electron chi connectivity index (χ0n) is 11.7. The van der Waals surface area contributed by atoms with E-state index >= 15 is 0 Å². The van der Waals surface area contributed by atoms with Crippen molar-refractivity contribution in [3.8, 4) is 11.1 Å². The third kappa shape index (κ3) is 2.63. The van der Waals surface area contributed by atoms with E-state index in [1.165, 1.54) is 6.42 Å². The summed E-state index contributed by atoms with van der Waals surface area (Å²) in [6.07, 6.45) is 4.04. The number of nitrogen functional groups attached to an aromatic ring is 1. The molecule has 2 aromatic rings. The van der Waals surface area contributed by atoms with Crippen molar-refractivity contribution >= 4 is 29.0 Å². The minimum Gasteiger partial charge on any atom is -0.382 e. The van der Waals surface area contributed by atoms with E-state index in [2.05, 4.69) is 10.2 Å². The van der Waals surface area contributed by atoms with Gasteiger partial charge in [-0.05, 0) is 31.4 Å². The summed E-state index contributed by atoms with van der Waals surface area (Å²) in [5.41, 5.74) is 8.57. The molecule has 0 spiro atoms. The van der Waals surface area contributed by atoms with Crippen molar-refractivity contribution in [2.75, 3.05) is 12.8 Å². The summed E-state index contributed by atoms with van der Waals surface area (Å²) >= 11 is 12.3. The average molecular weight is 326 g/mol. The summed E-state index contributed by atoms with van der Waals surface area (Å²) in [6, 6.07) is 5.38. The summed E-state index contributed by atoms with van der Waals surface area (Å²) in [4.78, 5) is 0. The molecule has 1 heterocycles. The molecule has 1 aliphatic rings. The van der Waals surface area contributed by atoms with Gasteiger partial charge in [0, 0.05) is 35.4 Å². The quantitative estimate of drug-likeness (QED) is 0.890. The van der Waals surface area contributed by atoms with E-state index in [0.29, 0.717) is 15.9 Å². The first-order valence-corrected chi connectivity index (χ1v) is 7.63. The van der Waals surface area contributed by atoms with E-state index < -0.39 is 0 Å². The van der Waals surface area contributed by atoms with Crippen LogP contribution in [-0.4, -0.2) is 22.9 Å². The van der Waals surface area contributed by atoms with Gasteiger partial charge in [0.2, 0.25) is 0 Å². The van der Waals surface area contributed by atoms with E-state index in [1.807, 2.05) is 6.07 Å². The van der Waals surface area contributed by atoms with Gasteiger partial charge in [-0.15, -0.1) is 0 Å². The molecule has 1 aliphatic carbocycles. The Bertz CT molecular complexity index is 659. The molecule has 1 aromatic heterocycles. The van der Waals surface area contributed by atoms with Crippen LogP contribution < -0.4 is 5.73 Å². The molecule has 0 radical (unpaired) electrons. The van der Waals surface area contributed by atoms with E-state index in [-0.39, 0.29) is 5.60 Å². The molecular weight excluding hydrogens is 309 g/mol. The number of rotatable bonds is 4. The van der Waals surface area contributed by atoms with Crippen LogP contribution in [0.3, 0.4) is 0 Å². The number of methoxy groups -OCH3 is 1. The second-order valence-electron chi connectivity index (χ2n) is 5.50. The maximum absolute atomic E-state index is 6.30. The maximum Gasteiger partial charge on any atom is 0.153 e. The third-order valence-corrected chi connectivity index (χ3v) is 4.81. The molecule has 3 rings (SSSR count). The zero-order valence-corrected chi connectivity index (χ0v) is 13.3. The molecule has 1 fully saturated rings. The van der Waals surface area contributed by atoms with Crippen LogP contribution >= 0.6 is 23.2 Å². The number of H-pyrrole nitrogens is 1. The predicted molar refractivity (Wildman–Crippen MR) is 85.8 cm³/mol. The summed E-state index contributed by atoms with van der Waals surface area (Å²) in [7, 11) is 1.76. The number of hydrogen-bond donors (Lipinski definition) is 2. The van der Waals surface area contributed by atoms with Crippen LogP contribution in [0.1, 0.15) is 25.0 Å². The molecule has 0 aliphatic heterocycles. The highest BCUT2D eigenvalue weighted by atomic mass is 35.5. The van der Waals surface area contributed by atoms with Gasteiger partial charge in [-0.3, -0.25) is 5.10 Å². The standard InChI is InChI=1S/C15H17Cl2N3O/c1-21-15(5-2-6-15)8-12-13(14(18)20-19-12)10-4-3-9(16)7-11(10)17/h3-4,7H,2,5-6,8H2,1H3,(H3,18,19,20). The first kappa shape index (κ1) is 14.7. The normalized spacial score (nSPS) is 16.7. The van der Waals surface area contributed by atoms with Crippen LogP contribution in [0.15, 0.2) is 18.2 Å². The number of aromatic nitrogens is 2. The zero-order chi connectivity index (χ0) is 15.0. The summed E-state index contributed by atoms with van der Waals surface area (Å²) in [6.45, 7) is 0. The highest BCUT2D eigenvalue weighted by Crippen LogP contribution is 2.42. The summed E-state index contributed by atoms with van der Waals surface area (Å²) in [5, 5.41) is 8.33. The Balaban J connectivity index is 2.01. The predicted octanol–water partition coefficient (Wildman–Crippen LogP) is 4.08. The van der Waals surface area contributed by atoms with Gasteiger partial charge < -0.3 is 10.5 Å². The monoisotopic (exact) mass is 325 g/mol. The smallest absolute Gasteiger partial charge is 0.153 e. The molecule has 1 aromatic carbocycles. The van der Waals surface area contributed by atoms with Gasteiger partial charge in [-0.2, -0.15) is 5.10 Å². The molecule has 0 unspecified atom stereocenters. The Morgan fingerprint density at radius 2 is 2.14 bits per heavy atom. The van der Waals surface area contributed by atoms with E-state index in [4.69, 9.17) is 33.7 Å². The van der Waals surface area contributed by atoms with Crippen LogP contribution in [0.5, 0.6) is 0 Å². The number of hydrogen-bond acceptors (Lipinski definition) is 3. The molecular formula is C15H17Cl2N3O. The number of halogens is 2. The molecule has 3 N–H and O–H groups in total. The molecule has 0 amide bonds. The Labute approximate surface area is 133 Å². The highest BCUT2D eigenvalue weighted by Gasteiger charge is 2.38. The van der Waals surface area contributed by atoms with Crippen LogP contribution in [0.2, 0.25) is 10.0 Å². The maximum atomic E-state index is 6.30. The second kappa shape index (κ2) is 5.52. The van der Waals surface area contributed by atoms with Crippen molar-refractivity contribution < 1.29 is 4.74 Å².